The van der Waals surface area contributed by atoms with Gasteiger partial charge in [0.25, 0.3) is 0 Å². The lowest BCUT2D eigenvalue weighted by Gasteiger charge is -2.24. The maximum absolute atomic E-state index is 10.8. The third-order valence-corrected chi connectivity index (χ3v) is 2.68. The quantitative estimate of drug-likeness (QED) is 0.572. The molecule has 0 aromatic carbocycles. The Hall–Kier alpha value is -0.410. The maximum atomic E-state index is 10.8. The molecule has 3 heteroatoms. The Morgan fingerprint density at radius 1 is 1.42 bits per heavy atom. The Bertz CT molecular complexity index is 161. The van der Waals surface area contributed by atoms with Gasteiger partial charge >= 0.3 is 0 Å². The molecule has 3 nitrogen and oxygen atoms in total. The van der Waals surface area contributed by atoms with Crippen molar-refractivity contribution in [1.82, 2.24) is 4.90 Å². The van der Waals surface area contributed by atoms with Crippen LogP contribution in [0.25, 0.3) is 0 Å². The highest BCUT2D eigenvalue weighted by molar-refractivity contribution is 5.62. The van der Waals surface area contributed by atoms with E-state index in [0.29, 0.717) is 0 Å². The third kappa shape index (κ3) is 2.05. The minimum Gasteiger partial charge on any atom is -0.371 e. The highest BCUT2D eigenvalue weighted by Crippen LogP contribution is 2.22. The number of methoxy groups -OCH3 is 1. The van der Waals surface area contributed by atoms with Crippen LogP contribution in [-0.4, -0.2) is 44.0 Å². The van der Waals surface area contributed by atoms with Gasteiger partial charge in [0.15, 0.2) is 6.29 Å². The molecular weight excluding hydrogens is 154 g/mol. The van der Waals surface area contributed by atoms with Crippen molar-refractivity contribution >= 4 is 6.29 Å². The minimum atomic E-state index is -0.495. The summed E-state index contributed by atoms with van der Waals surface area (Å²) in [5, 5.41) is 0. The molecule has 1 atom stereocenters. The summed E-state index contributed by atoms with van der Waals surface area (Å²) in [6.07, 6.45) is 3.69. The van der Waals surface area contributed by atoms with E-state index in [1.54, 1.807) is 7.11 Å². The minimum absolute atomic E-state index is 0.495. The van der Waals surface area contributed by atoms with E-state index in [9.17, 15) is 4.79 Å². The monoisotopic (exact) mass is 171 g/mol. The molecule has 1 aliphatic rings. The van der Waals surface area contributed by atoms with Crippen molar-refractivity contribution < 1.29 is 9.53 Å². The van der Waals surface area contributed by atoms with Crippen molar-refractivity contribution in [2.75, 3.05) is 27.2 Å². The number of rotatable bonds is 2. The third-order valence-electron chi connectivity index (χ3n) is 2.68. The van der Waals surface area contributed by atoms with Gasteiger partial charge in [-0.1, -0.05) is 0 Å². The molecule has 0 spiro atoms. The van der Waals surface area contributed by atoms with E-state index in [1.807, 2.05) is 0 Å². The number of hydrogen-bond acceptors (Lipinski definition) is 3. The van der Waals surface area contributed by atoms with Crippen molar-refractivity contribution in [2.45, 2.75) is 24.9 Å². The number of likely N-dealkylation sites (tertiary alicyclic amines) is 1. The molecule has 0 bridgehead atoms. The van der Waals surface area contributed by atoms with E-state index in [4.69, 9.17) is 4.74 Å². The summed E-state index contributed by atoms with van der Waals surface area (Å²) in [5.41, 5.74) is -0.495. The first-order valence-electron chi connectivity index (χ1n) is 4.42. The zero-order valence-corrected chi connectivity index (χ0v) is 7.88. The summed E-state index contributed by atoms with van der Waals surface area (Å²) in [6, 6.07) is 0. The summed E-state index contributed by atoms with van der Waals surface area (Å²) in [6.45, 7) is 2.02. The highest BCUT2D eigenvalue weighted by Gasteiger charge is 2.31. The molecule has 1 unspecified atom stereocenters. The molecule has 1 rings (SSSR count). The Balaban J connectivity index is 2.58. The molecule has 1 saturated heterocycles. The van der Waals surface area contributed by atoms with Crippen LogP contribution in [0.3, 0.4) is 0 Å². The van der Waals surface area contributed by atoms with Crippen LogP contribution in [0.4, 0.5) is 0 Å². The number of hydrogen-bond donors (Lipinski definition) is 0. The van der Waals surface area contributed by atoms with E-state index < -0.39 is 5.60 Å². The van der Waals surface area contributed by atoms with Gasteiger partial charge in [-0.3, -0.25) is 0 Å². The predicted octanol–water partition coefficient (Wildman–Crippen LogP) is 0.686. The van der Waals surface area contributed by atoms with Crippen LogP contribution in [-0.2, 0) is 9.53 Å². The summed E-state index contributed by atoms with van der Waals surface area (Å²) in [7, 11) is 3.70. The lowest BCUT2D eigenvalue weighted by atomic mass is 9.97. The van der Waals surface area contributed by atoms with Crippen LogP contribution in [0.2, 0.25) is 0 Å². The van der Waals surface area contributed by atoms with E-state index in [0.717, 1.165) is 38.6 Å². The van der Waals surface area contributed by atoms with Crippen LogP contribution in [0.1, 0.15) is 19.3 Å². The van der Waals surface area contributed by atoms with Crippen molar-refractivity contribution in [2.24, 2.45) is 0 Å². The van der Waals surface area contributed by atoms with Crippen molar-refractivity contribution in [3.05, 3.63) is 0 Å². The van der Waals surface area contributed by atoms with E-state index in [1.165, 1.54) is 0 Å². The van der Waals surface area contributed by atoms with E-state index >= 15 is 0 Å². The van der Waals surface area contributed by atoms with Gasteiger partial charge in [0, 0.05) is 13.7 Å². The molecule has 1 fully saturated rings. The molecule has 0 saturated carbocycles. The summed E-state index contributed by atoms with van der Waals surface area (Å²) in [5.74, 6) is 0. The zero-order valence-electron chi connectivity index (χ0n) is 7.88. The van der Waals surface area contributed by atoms with Crippen LogP contribution in [0.15, 0.2) is 0 Å². The molecular formula is C9H17NO2. The molecule has 70 valence electrons. The van der Waals surface area contributed by atoms with Crippen molar-refractivity contribution in [3.63, 3.8) is 0 Å². The first-order chi connectivity index (χ1) is 5.72. The maximum Gasteiger partial charge on any atom is 0.151 e. The van der Waals surface area contributed by atoms with Crippen LogP contribution in [0.5, 0.6) is 0 Å². The van der Waals surface area contributed by atoms with E-state index in [2.05, 4.69) is 11.9 Å². The largest absolute Gasteiger partial charge is 0.371 e. The normalized spacial score (nSPS) is 32.8. The smallest absolute Gasteiger partial charge is 0.151 e. The Morgan fingerprint density at radius 3 is 2.75 bits per heavy atom. The predicted molar refractivity (Wildman–Crippen MR) is 47.2 cm³/mol. The first kappa shape index (κ1) is 9.68. The fourth-order valence-corrected chi connectivity index (χ4v) is 1.64. The van der Waals surface area contributed by atoms with E-state index in [-0.39, 0.29) is 0 Å². The number of carbonyl (C=O) groups is 1. The molecule has 0 aliphatic carbocycles. The van der Waals surface area contributed by atoms with Gasteiger partial charge in [-0.2, -0.15) is 0 Å². The summed E-state index contributed by atoms with van der Waals surface area (Å²) < 4.78 is 5.26. The van der Waals surface area contributed by atoms with Crippen LogP contribution >= 0.6 is 0 Å². The molecule has 0 N–H and O–H groups in total. The second-order valence-electron chi connectivity index (χ2n) is 3.54. The first-order valence-corrected chi connectivity index (χ1v) is 4.42. The zero-order chi connectivity index (χ0) is 9.03. The lowest BCUT2D eigenvalue weighted by molar-refractivity contribution is -0.128. The Labute approximate surface area is 73.7 Å². The average Bonchev–Trinajstić information content (AvgIpc) is 2.28. The average molecular weight is 171 g/mol. The number of carbonyl (C=O) groups excluding carboxylic acids is 1. The second-order valence-corrected chi connectivity index (χ2v) is 3.54. The molecule has 12 heavy (non-hydrogen) atoms. The van der Waals surface area contributed by atoms with Crippen LogP contribution in [0, 0.1) is 0 Å². The lowest BCUT2D eigenvalue weighted by Crippen LogP contribution is -2.34. The van der Waals surface area contributed by atoms with Gasteiger partial charge in [0.2, 0.25) is 0 Å². The second kappa shape index (κ2) is 4.01. The molecule has 0 aromatic rings. The molecule has 1 aliphatic heterocycles. The number of ether oxygens (including phenoxy) is 1. The standard InChI is InChI=1S/C9H17NO2/c1-10-6-3-4-9(8-11,12-2)5-7-10/h8H,3-7H2,1-2H3. The van der Waals surface area contributed by atoms with Gasteiger partial charge in [-0.25, -0.2) is 0 Å². The van der Waals surface area contributed by atoms with Gasteiger partial charge in [0.1, 0.15) is 5.60 Å². The molecule has 0 radical (unpaired) electrons. The molecule has 1 heterocycles. The fraction of sp³-hybridized carbons (Fsp3) is 0.889. The Kier molecular flexibility index (Phi) is 3.23. The number of nitrogens with zero attached hydrogens (tertiary/aromatic N) is 1. The van der Waals surface area contributed by atoms with Crippen LogP contribution < -0.4 is 0 Å². The van der Waals surface area contributed by atoms with Gasteiger partial charge < -0.3 is 14.4 Å². The van der Waals surface area contributed by atoms with Gasteiger partial charge in [-0.05, 0) is 32.9 Å². The molecule has 0 amide bonds. The SMILES string of the molecule is COC1(C=O)CCCN(C)CC1. The topological polar surface area (TPSA) is 29.5 Å². The number of aldehydes is 1. The summed E-state index contributed by atoms with van der Waals surface area (Å²) >= 11 is 0. The van der Waals surface area contributed by atoms with Crippen molar-refractivity contribution in [1.29, 1.82) is 0 Å². The molecule has 0 aromatic heterocycles. The van der Waals surface area contributed by atoms with Gasteiger partial charge in [0.05, 0.1) is 0 Å². The fourth-order valence-electron chi connectivity index (χ4n) is 1.64. The summed E-state index contributed by atoms with van der Waals surface area (Å²) in [4.78, 5) is 13.1. The Morgan fingerprint density at radius 2 is 2.17 bits per heavy atom. The highest BCUT2D eigenvalue weighted by atomic mass is 16.5. The van der Waals surface area contributed by atoms with Crippen molar-refractivity contribution in [3.8, 4) is 0 Å². The van der Waals surface area contributed by atoms with Gasteiger partial charge in [-0.15, -0.1) is 0 Å².